The Kier molecular flexibility index (Phi) is 6.38. The van der Waals surface area contributed by atoms with E-state index in [0.29, 0.717) is 0 Å². The van der Waals surface area contributed by atoms with E-state index < -0.39 is 0 Å². The van der Waals surface area contributed by atoms with Gasteiger partial charge < -0.3 is 10.1 Å². The van der Waals surface area contributed by atoms with Crippen molar-refractivity contribution in [2.24, 2.45) is 0 Å². The molecule has 0 atom stereocenters. The Morgan fingerprint density at radius 3 is 2.75 bits per heavy atom. The second kappa shape index (κ2) is 6.85. The lowest BCUT2D eigenvalue weighted by Gasteiger charge is -1.99. The van der Waals surface area contributed by atoms with Crippen LogP contribution in [-0.2, 0) is 9.53 Å². The van der Waals surface area contributed by atoms with E-state index in [1.807, 2.05) is 14.0 Å². The number of hydrogen-bond donors (Lipinski definition) is 1. The van der Waals surface area contributed by atoms with Gasteiger partial charge in [0.2, 0.25) is 0 Å². The first-order valence-corrected chi connectivity index (χ1v) is 4.10. The fourth-order valence-corrected chi connectivity index (χ4v) is 0.876. The Bertz CT molecular complexity index is 164. The Morgan fingerprint density at radius 1 is 1.58 bits per heavy atom. The summed E-state index contributed by atoms with van der Waals surface area (Å²) in [5.74, 6) is -0.267. The van der Waals surface area contributed by atoms with E-state index in [9.17, 15) is 4.79 Å². The average Bonchev–Trinajstić information content (AvgIpc) is 2.05. The van der Waals surface area contributed by atoms with Gasteiger partial charge in [-0.25, -0.2) is 4.79 Å². The zero-order valence-electron chi connectivity index (χ0n) is 8.02. The van der Waals surface area contributed by atoms with Crippen LogP contribution in [0.2, 0.25) is 0 Å². The lowest BCUT2D eigenvalue weighted by molar-refractivity contribution is -0.134. The molecule has 0 bridgehead atoms. The van der Waals surface area contributed by atoms with Crippen LogP contribution in [-0.4, -0.2) is 26.7 Å². The fraction of sp³-hybridized carbons (Fsp3) is 0.667. The number of hydrogen-bond acceptors (Lipinski definition) is 3. The lowest BCUT2D eigenvalue weighted by atomic mass is 10.1. The second-order valence-corrected chi connectivity index (χ2v) is 2.72. The molecular formula is C9H17NO2. The van der Waals surface area contributed by atoms with Gasteiger partial charge in [-0.1, -0.05) is 5.57 Å². The molecule has 0 saturated carbocycles. The van der Waals surface area contributed by atoms with E-state index in [0.717, 1.165) is 25.0 Å². The second-order valence-electron chi connectivity index (χ2n) is 2.72. The minimum Gasteiger partial charge on any atom is -0.466 e. The van der Waals surface area contributed by atoms with Crippen molar-refractivity contribution < 1.29 is 9.53 Å². The Labute approximate surface area is 73.8 Å². The van der Waals surface area contributed by atoms with Crippen molar-refractivity contribution in [1.29, 1.82) is 0 Å². The number of carbonyl (C=O) groups is 1. The molecule has 3 heteroatoms. The molecule has 0 aromatic carbocycles. The van der Waals surface area contributed by atoms with Crippen LogP contribution < -0.4 is 5.32 Å². The molecule has 0 fully saturated rings. The maximum absolute atomic E-state index is 10.7. The van der Waals surface area contributed by atoms with E-state index in [4.69, 9.17) is 0 Å². The smallest absolute Gasteiger partial charge is 0.330 e. The largest absolute Gasteiger partial charge is 0.466 e. The topological polar surface area (TPSA) is 38.3 Å². The van der Waals surface area contributed by atoms with Crippen molar-refractivity contribution in [3.63, 3.8) is 0 Å². The quantitative estimate of drug-likeness (QED) is 0.382. The summed E-state index contributed by atoms with van der Waals surface area (Å²) in [5.41, 5.74) is 1.07. The molecule has 0 aliphatic carbocycles. The van der Waals surface area contributed by atoms with E-state index in [-0.39, 0.29) is 5.97 Å². The van der Waals surface area contributed by atoms with Crippen LogP contribution in [0.1, 0.15) is 19.8 Å². The van der Waals surface area contributed by atoms with E-state index in [1.54, 1.807) is 0 Å². The first-order valence-electron chi connectivity index (χ1n) is 4.10. The SMILES string of the molecule is CNCCC/C(C)=C\C(=O)OC. The fourth-order valence-electron chi connectivity index (χ4n) is 0.876. The number of ether oxygens (including phenoxy) is 1. The van der Waals surface area contributed by atoms with Crippen LogP contribution in [0.4, 0.5) is 0 Å². The molecule has 0 heterocycles. The van der Waals surface area contributed by atoms with Gasteiger partial charge in [-0.05, 0) is 33.4 Å². The maximum Gasteiger partial charge on any atom is 0.330 e. The lowest BCUT2D eigenvalue weighted by Crippen LogP contribution is -2.07. The third-order valence-electron chi connectivity index (χ3n) is 1.56. The first kappa shape index (κ1) is 11.2. The molecule has 0 unspecified atom stereocenters. The van der Waals surface area contributed by atoms with Gasteiger partial charge in [-0.3, -0.25) is 0 Å². The first-order chi connectivity index (χ1) is 5.70. The molecule has 1 N–H and O–H groups in total. The monoisotopic (exact) mass is 171 g/mol. The highest BCUT2D eigenvalue weighted by Crippen LogP contribution is 2.02. The van der Waals surface area contributed by atoms with Gasteiger partial charge in [0.05, 0.1) is 7.11 Å². The van der Waals surface area contributed by atoms with Gasteiger partial charge in [-0.2, -0.15) is 0 Å². The van der Waals surface area contributed by atoms with Crippen LogP contribution in [0.25, 0.3) is 0 Å². The highest BCUT2D eigenvalue weighted by Gasteiger charge is 1.95. The molecule has 0 saturated heterocycles. The van der Waals surface area contributed by atoms with Gasteiger partial charge in [0.1, 0.15) is 0 Å². The summed E-state index contributed by atoms with van der Waals surface area (Å²) < 4.78 is 4.50. The summed E-state index contributed by atoms with van der Waals surface area (Å²) in [6, 6.07) is 0. The molecule has 0 radical (unpaired) electrons. The Hall–Kier alpha value is -0.830. The predicted octanol–water partition coefficient (Wildman–Crippen LogP) is 1.11. The molecule has 0 aliphatic heterocycles. The highest BCUT2D eigenvalue weighted by atomic mass is 16.5. The average molecular weight is 171 g/mol. The van der Waals surface area contributed by atoms with Gasteiger partial charge in [0.15, 0.2) is 0 Å². The number of rotatable bonds is 5. The summed E-state index contributed by atoms with van der Waals surface area (Å²) in [6.07, 6.45) is 3.53. The van der Waals surface area contributed by atoms with Gasteiger partial charge >= 0.3 is 5.97 Å². The van der Waals surface area contributed by atoms with Gasteiger partial charge in [-0.15, -0.1) is 0 Å². The van der Waals surface area contributed by atoms with Crippen molar-refractivity contribution >= 4 is 5.97 Å². The van der Waals surface area contributed by atoms with Crippen LogP contribution in [0.3, 0.4) is 0 Å². The molecular weight excluding hydrogens is 154 g/mol. The van der Waals surface area contributed by atoms with Crippen molar-refractivity contribution in [1.82, 2.24) is 5.32 Å². The molecule has 0 spiro atoms. The Morgan fingerprint density at radius 2 is 2.25 bits per heavy atom. The van der Waals surface area contributed by atoms with Crippen molar-refractivity contribution in [2.45, 2.75) is 19.8 Å². The minimum atomic E-state index is -0.267. The van der Waals surface area contributed by atoms with E-state index in [2.05, 4.69) is 10.1 Å². The molecule has 12 heavy (non-hydrogen) atoms. The highest BCUT2D eigenvalue weighted by molar-refractivity contribution is 5.82. The van der Waals surface area contributed by atoms with Crippen LogP contribution in [0.15, 0.2) is 11.6 Å². The minimum absolute atomic E-state index is 0.267. The number of methoxy groups -OCH3 is 1. The van der Waals surface area contributed by atoms with Crippen LogP contribution in [0, 0.1) is 0 Å². The standard InChI is InChI=1S/C9H17NO2/c1-8(5-4-6-10-2)7-9(11)12-3/h7,10H,4-6H2,1-3H3/b8-7-. The third kappa shape index (κ3) is 5.92. The summed E-state index contributed by atoms with van der Waals surface area (Å²) in [4.78, 5) is 10.7. The van der Waals surface area contributed by atoms with E-state index in [1.165, 1.54) is 13.2 Å². The molecule has 0 aromatic heterocycles. The molecule has 0 amide bonds. The third-order valence-corrected chi connectivity index (χ3v) is 1.56. The summed E-state index contributed by atoms with van der Waals surface area (Å²) >= 11 is 0. The zero-order chi connectivity index (χ0) is 9.40. The number of nitrogens with one attached hydrogen (secondary N) is 1. The Balaban J connectivity index is 3.62. The van der Waals surface area contributed by atoms with Crippen molar-refractivity contribution in [3.05, 3.63) is 11.6 Å². The normalized spacial score (nSPS) is 11.4. The van der Waals surface area contributed by atoms with Gasteiger partial charge in [0, 0.05) is 6.08 Å². The van der Waals surface area contributed by atoms with Crippen LogP contribution >= 0.6 is 0 Å². The summed E-state index contributed by atoms with van der Waals surface area (Å²) in [5, 5.41) is 3.05. The molecule has 0 aromatic rings. The summed E-state index contributed by atoms with van der Waals surface area (Å²) in [7, 11) is 3.30. The molecule has 3 nitrogen and oxygen atoms in total. The molecule has 0 rings (SSSR count). The number of allylic oxidation sites excluding steroid dienone is 1. The number of carbonyl (C=O) groups excluding carboxylic acids is 1. The zero-order valence-corrected chi connectivity index (χ0v) is 8.02. The van der Waals surface area contributed by atoms with E-state index >= 15 is 0 Å². The summed E-state index contributed by atoms with van der Waals surface area (Å²) in [6.45, 7) is 2.92. The maximum atomic E-state index is 10.7. The van der Waals surface area contributed by atoms with Crippen molar-refractivity contribution in [3.8, 4) is 0 Å². The molecule has 0 aliphatic rings. The van der Waals surface area contributed by atoms with Crippen molar-refractivity contribution in [2.75, 3.05) is 20.7 Å². The van der Waals surface area contributed by atoms with Crippen LogP contribution in [0.5, 0.6) is 0 Å². The predicted molar refractivity (Wildman–Crippen MR) is 48.9 cm³/mol. The molecule has 70 valence electrons. The van der Waals surface area contributed by atoms with Gasteiger partial charge in [0.25, 0.3) is 0 Å². The number of esters is 1.